The number of aryl methyl sites for hydroxylation is 1. The van der Waals surface area contributed by atoms with Crippen molar-refractivity contribution in [2.45, 2.75) is 26.4 Å². The molecule has 1 aliphatic heterocycles. The quantitative estimate of drug-likeness (QED) is 0.705. The van der Waals surface area contributed by atoms with Gasteiger partial charge in [-0.15, -0.1) is 0 Å². The first-order valence-electron chi connectivity index (χ1n) is 8.73. The Morgan fingerprint density at radius 1 is 1.20 bits per heavy atom. The van der Waals surface area contributed by atoms with Crippen LogP contribution in [-0.4, -0.2) is 33.9 Å². The van der Waals surface area contributed by atoms with Crippen LogP contribution in [0.3, 0.4) is 0 Å². The second-order valence-electron chi connectivity index (χ2n) is 6.64. The Morgan fingerprint density at radius 3 is 2.72 bits per heavy atom. The number of benzene rings is 2. The Hall–Kier alpha value is -2.66. The highest BCUT2D eigenvalue weighted by Gasteiger charge is 2.17. The molecule has 3 aromatic rings. The first-order chi connectivity index (χ1) is 12.2. The van der Waals surface area contributed by atoms with Gasteiger partial charge < -0.3 is 10.3 Å². The molecule has 5 nitrogen and oxygen atoms in total. The van der Waals surface area contributed by atoms with Gasteiger partial charge in [0.15, 0.2) is 0 Å². The second-order valence-corrected chi connectivity index (χ2v) is 6.64. The van der Waals surface area contributed by atoms with Gasteiger partial charge in [0.1, 0.15) is 5.82 Å². The van der Waals surface area contributed by atoms with Gasteiger partial charge in [0.25, 0.3) is 5.91 Å². The molecule has 0 bridgehead atoms. The molecule has 2 heterocycles. The monoisotopic (exact) mass is 334 g/mol. The summed E-state index contributed by atoms with van der Waals surface area (Å²) in [7, 11) is 0. The van der Waals surface area contributed by atoms with Crippen molar-refractivity contribution in [2.75, 3.05) is 13.1 Å². The van der Waals surface area contributed by atoms with Gasteiger partial charge in [-0.1, -0.05) is 24.3 Å². The van der Waals surface area contributed by atoms with Crippen LogP contribution in [0.15, 0.2) is 42.5 Å². The largest absolute Gasteiger partial charge is 0.352 e. The molecule has 1 amide bonds. The molecule has 4 rings (SSSR count). The molecule has 2 aromatic carbocycles. The average Bonchev–Trinajstić information content (AvgIpc) is 3.19. The number of carbonyl (C=O) groups excluding carboxylic acids is 1. The van der Waals surface area contributed by atoms with Gasteiger partial charge in [0.05, 0.1) is 11.0 Å². The number of carbonyl (C=O) groups is 1. The Balaban J connectivity index is 1.26. The van der Waals surface area contributed by atoms with Crippen LogP contribution in [0.4, 0.5) is 0 Å². The molecule has 25 heavy (non-hydrogen) atoms. The molecule has 0 aliphatic carbocycles. The minimum absolute atomic E-state index is 0.0288. The summed E-state index contributed by atoms with van der Waals surface area (Å²) in [6.45, 7) is 5.62. The molecular formula is C20H22N4O. The Labute approximate surface area is 147 Å². The van der Waals surface area contributed by atoms with Gasteiger partial charge >= 0.3 is 0 Å². The highest BCUT2D eigenvalue weighted by Crippen LogP contribution is 2.21. The standard InChI is InChI=1S/C20H22N4O/c1-14-22-18-8-7-15(11-19(18)23-14)20(25)21-9-4-10-24-12-16-5-2-3-6-17(16)13-24/h2-3,5-8,11H,4,9-10,12-13H2,1H3,(H,21,25)(H,22,23). The summed E-state index contributed by atoms with van der Waals surface area (Å²) < 4.78 is 0. The van der Waals surface area contributed by atoms with E-state index in [2.05, 4.69) is 44.5 Å². The van der Waals surface area contributed by atoms with E-state index in [-0.39, 0.29) is 5.91 Å². The molecule has 1 aromatic heterocycles. The summed E-state index contributed by atoms with van der Waals surface area (Å²) in [5.41, 5.74) is 5.32. The zero-order valence-electron chi connectivity index (χ0n) is 14.4. The van der Waals surface area contributed by atoms with E-state index in [0.29, 0.717) is 12.1 Å². The van der Waals surface area contributed by atoms with Crippen molar-refractivity contribution in [1.29, 1.82) is 0 Å². The molecule has 0 saturated carbocycles. The van der Waals surface area contributed by atoms with Crippen LogP contribution in [0.1, 0.15) is 33.7 Å². The topological polar surface area (TPSA) is 61.0 Å². The van der Waals surface area contributed by atoms with Crippen LogP contribution in [0.25, 0.3) is 11.0 Å². The first kappa shape index (κ1) is 15.8. The van der Waals surface area contributed by atoms with Crippen molar-refractivity contribution in [2.24, 2.45) is 0 Å². The number of nitrogens with one attached hydrogen (secondary N) is 2. The van der Waals surface area contributed by atoms with E-state index >= 15 is 0 Å². The average molecular weight is 334 g/mol. The molecule has 0 fully saturated rings. The van der Waals surface area contributed by atoms with Crippen molar-refractivity contribution < 1.29 is 4.79 Å². The Bertz CT molecular complexity index is 890. The van der Waals surface area contributed by atoms with Crippen LogP contribution in [0.2, 0.25) is 0 Å². The smallest absolute Gasteiger partial charge is 0.251 e. The number of hydrogen-bond donors (Lipinski definition) is 2. The number of rotatable bonds is 5. The Morgan fingerprint density at radius 2 is 1.96 bits per heavy atom. The SMILES string of the molecule is Cc1nc2ccc(C(=O)NCCCN3Cc4ccccc4C3)cc2[nH]1. The number of nitrogens with zero attached hydrogens (tertiary/aromatic N) is 2. The number of amides is 1. The van der Waals surface area contributed by atoms with E-state index in [9.17, 15) is 4.79 Å². The van der Waals surface area contributed by atoms with Crippen LogP contribution < -0.4 is 5.32 Å². The Kier molecular flexibility index (Phi) is 4.24. The summed E-state index contributed by atoms with van der Waals surface area (Å²) in [6.07, 6.45) is 0.950. The fraction of sp³-hybridized carbons (Fsp3) is 0.300. The number of fused-ring (bicyclic) bond motifs is 2. The number of aromatic nitrogens is 2. The third-order valence-corrected chi connectivity index (χ3v) is 4.71. The summed E-state index contributed by atoms with van der Waals surface area (Å²) in [4.78, 5) is 22.3. The maximum Gasteiger partial charge on any atom is 0.251 e. The lowest BCUT2D eigenvalue weighted by molar-refractivity contribution is 0.0951. The molecule has 2 N–H and O–H groups in total. The molecule has 0 unspecified atom stereocenters. The molecule has 128 valence electrons. The third kappa shape index (κ3) is 3.42. The summed E-state index contributed by atoms with van der Waals surface area (Å²) in [5.74, 6) is 0.832. The maximum absolute atomic E-state index is 12.3. The van der Waals surface area contributed by atoms with Gasteiger partial charge in [-0.3, -0.25) is 9.69 Å². The number of imidazole rings is 1. The lowest BCUT2D eigenvalue weighted by Gasteiger charge is -2.14. The number of hydrogen-bond acceptors (Lipinski definition) is 3. The van der Waals surface area contributed by atoms with E-state index in [1.54, 1.807) is 0 Å². The summed E-state index contributed by atoms with van der Waals surface area (Å²) in [5, 5.41) is 3.02. The second kappa shape index (κ2) is 6.69. The summed E-state index contributed by atoms with van der Waals surface area (Å²) >= 11 is 0. The van der Waals surface area contributed by atoms with Crippen molar-refractivity contribution >= 4 is 16.9 Å². The zero-order chi connectivity index (χ0) is 17.2. The summed E-state index contributed by atoms with van der Waals surface area (Å²) in [6, 6.07) is 14.2. The van der Waals surface area contributed by atoms with Crippen molar-refractivity contribution in [3.8, 4) is 0 Å². The predicted molar refractivity (Wildman–Crippen MR) is 98.3 cm³/mol. The minimum atomic E-state index is -0.0288. The molecule has 0 atom stereocenters. The molecule has 5 heteroatoms. The zero-order valence-corrected chi connectivity index (χ0v) is 14.4. The number of aromatic amines is 1. The van der Waals surface area contributed by atoms with Crippen molar-refractivity contribution in [3.05, 3.63) is 65.0 Å². The lowest BCUT2D eigenvalue weighted by Crippen LogP contribution is -2.27. The van der Waals surface area contributed by atoms with Crippen LogP contribution in [0.5, 0.6) is 0 Å². The first-order valence-corrected chi connectivity index (χ1v) is 8.73. The van der Waals surface area contributed by atoms with Gasteiger partial charge in [0, 0.05) is 31.7 Å². The molecular weight excluding hydrogens is 312 g/mol. The molecule has 0 spiro atoms. The normalized spacial score (nSPS) is 14.0. The highest BCUT2D eigenvalue weighted by atomic mass is 16.1. The van der Waals surface area contributed by atoms with Crippen molar-refractivity contribution in [1.82, 2.24) is 20.2 Å². The van der Waals surface area contributed by atoms with E-state index in [1.807, 2.05) is 25.1 Å². The maximum atomic E-state index is 12.3. The van der Waals surface area contributed by atoms with Gasteiger partial charge in [-0.2, -0.15) is 0 Å². The van der Waals surface area contributed by atoms with Gasteiger partial charge in [0.2, 0.25) is 0 Å². The van der Waals surface area contributed by atoms with E-state index < -0.39 is 0 Å². The van der Waals surface area contributed by atoms with Gasteiger partial charge in [-0.25, -0.2) is 4.98 Å². The fourth-order valence-corrected chi connectivity index (χ4v) is 3.45. The fourth-order valence-electron chi connectivity index (χ4n) is 3.45. The van der Waals surface area contributed by atoms with Gasteiger partial charge in [-0.05, 0) is 42.7 Å². The molecule has 0 radical (unpaired) electrons. The lowest BCUT2D eigenvalue weighted by atomic mass is 10.1. The molecule has 0 saturated heterocycles. The van der Waals surface area contributed by atoms with Crippen LogP contribution in [-0.2, 0) is 13.1 Å². The molecule has 1 aliphatic rings. The third-order valence-electron chi connectivity index (χ3n) is 4.71. The van der Waals surface area contributed by atoms with Crippen LogP contribution >= 0.6 is 0 Å². The van der Waals surface area contributed by atoms with E-state index in [1.165, 1.54) is 11.1 Å². The minimum Gasteiger partial charge on any atom is -0.352 e. The van der Waals surface area contributed by atoms with E-state index in [4.69, 9.17) is 0 Å². The van der Waals surface area contributed by atoms with Crippen molar-refractivity contribution in [3.63, 3.8) is 0 Å². The number of H-pyrrole nitrogens is 1. The van der Waals surface area contributed by atoms with E-state index in [0.717, 1.165) is 42.9 Å². The van der Waals surface area contributed by atoms with Crippen LogP contribution in [0, 0.1) is 6.92 Å². The highest BCUT2D eigenvalue weighted by molar-refractivity contribution is 5.97. The predicted octanol–water partition coefficient (Wildman–Crippen LogP) is 3.01.